The van der Waals surface area contributed by atoms with Crippen LogP contribution in [0.5, 0.6) is 0 Å². The summed E-state index contributed by atoms with van der Waals surface area (Å²) >= 11 is 0. The second-order valence-electron chi connectivity index (χ2n) is 5.79. The van der Waals surface area contributed by atoms with Crippen LogP contribution in [0.15, 0.2) is 18.2 Å². The van der Waals surface area contributed by atoms with Crippen molar-refractivity contribution in [3.05, 3.63) is 41.0 Å². The quantitative estimate of drug-likeness (QED) is 0.933. The molecule has 0 amide bonds. The lowest BCUT2D eigenvalue weighted by molar-refractivity contribution is 0.652. The molecule has 0 bridgehead atoms. The molecule has 1 unspecified atom stereocenters. The smallest absolute Gasteiger partial charge is 0.152 e. The molecule has 0 aliphatic carbocycles. The highest BCUT2D eigenvalue weighted by atomic mass is 15.3. The van der Waals surface area contributed by atoms with Crippen molar-refractivity contribution in [2.24, 2.45) is 7.05 Å². The van der Waals surface area contributed by atoms with E-state index in [9.17, 15) is 0 Å². The molecule has 0 fully saturated rings. The van der Waals surface area contributed by atoms with E-state index in [2.05, 4.69) is 50.1 Å². The molecular formula is C16H23N5. The van der Waals surface area contributed by atoms with E-state index in [1.807, 2.05) is 21.0 Å². The Bertz CT molecular complexity index is 646. The van der Waals surface area contributed by atoms with Crippen LogP contribution in [0.1, 0.15) is 35.7 Å². The van der Waals surface area contributed by atoms with E-state index in [0.29, 0.717) is 6.04 Å². The molecule has 0 radical (unpaired) electrons. The first-order valence-corrected chi connectivity index (χ1v) is 7.50. The summed E-state index contributed by atoms with van der Waals surface area (Å²) in [6.45, 7) is 6.06. The van der Waals surface area contributed by atoms with E-state index in [-0.39, 0.29) is 0 Å². The molecule has 0 saturated carbocycles. The molecule has 5 nitrogen and oxygen atoms in total. The Hall–Kier alpha value is -1.88. The third-order valence-electron chi connectivity index (χ3n) is 4.54. The fourth-order valence-electron chi connectivity index (χ4n) is 2.85. The monoisotopic (exact) mass is 285 g/mol. The van der Waals surface area contributed by atoms with Gasteiger partial charge in [0.1, 0.15) is 5.82 Å². The molecule has 21 heavy (non-hydrogen) atoms. The minimum Gasteiger partial charge on any atom is -0.363 e. The van der Waals surface area contributed by atoms with Crippen LogP contribution < -0.4 is 10.2 Å². The van der Waals surface area contributed by atoms with Crippen molar-refractivity contribution < 1.29 is 0 Å². The van der Waals surface area contributed by atoms with Gasteiger partial charge in [-0.05, 0) is 44.5 Å². The van der Waals surface area contributed by atoms with Gasteiger partial charge in [0.25, 0.3) is 0 Å². The first-order valence-electron chi connectivity index (χ1n) is 7.50. The summed E-state index contributed by atoms with van der Waals surface area (Å²) in [6, 6.07) is 7.19. The molecule has 3 rings (SSSR count). The number of rotatable bonds is 4. The van der Waals surface area contributed by atoms with Crippen molar-refractivity contribution in [2.45, 2.75) is 32.9 Å². The zero-order valence-electron chi connectivity index (χ0n) is 13.2. The van der Waals surface area contributed by atoms with Crippen LogP contribution in [0.2, 0.25) is 0 Å². The molecule has 1 aliphatic rings. The number of hydrogen-bond donors (Lipinski definition) is 1. The maximum atomic E-state index is 4.27. The third-order valence-corrected chi connectivity index (χ3v) is 4.54. The standard InChI is InChI=1S/C16H23N5/c1-11(17-3)13-5-6-15-14(9-13)7-8-21(15)10-16-19-18-12(2)20(16)4/h5-6,9,11,17H,7-8,10H2,1-4H3. The van der Waals surface area contributed by atoms with E-state index < -0.39 is 0 Å². The molecule has 1 aliphatic heterocycles. The topological polar surface area (TPSA) is 46.0 Å². The highest BCUT2D eigenvalue weighted by molar-refractivity contribution is 5.59. The summed E-state index contributed by atoms with van der Waals surface area (Å²) in [6.07, 6.45) is 1.11. The maximum Gasteiger partial charge on any atom is 0.152 e. The molecule has 2 aromatic rings. The first kappa shape index (κ1) is 14.1. The highest BCUT2D eigenvalue weighted by Crippen LogP contribution is 2.31. The van der Waals surface area contributed by atoms with Crippen LogP contribution in [0.25, 0.3) is 0 Å². The van der Waals surface area contributed by atoms with Crippen molar-refractivity contribution in [1.82, 2.24) is 20.1 Å². The Balaban J connectivity index is 1.82. The molecule has 1 N–H and O–H groups in total. The van der Waals surface area contributed by atoms with Crippen molar-refractivity contribution in [2.75, 3.05) is 18.5 Å². The van der Waals surface area contributed by atoms with Crippen LogP contribution in [0, 0.1) is 6.92 Å². The number of hydrogen-bond acceptors (Lipinski definition) is 4. The van der Waals surface area contributed by atoms with Crippen molar-refractivity contribution in [3.63, 3.8) is 0 Å². The summed E-state index contributed by atoms with van der Waals surface area (Å²) in [7, 11) is 4.03. The Morgan fingerprint density at radius 3 is 2.81 bits per heavy atom. The number of nitrogens with one attached hydrogen (secondary N) is 1. The number of aryl methyl sites for hydroxylation is 1. The molecule has 5 heteroatoms. The molecule has 1 aromatic carbocycles. The average molecular weight is 285 g/mol. The SMILES string of the molecule is CNC(C)c1ccc2c(c1)CCN2Cc1nnc(C)n1C. The summed E-state index contributed by atoms with van der Waals surface area (Å²) < 4.78 is 2.06. The predicted octanol–water partition coefficient (Wildman–Crippen LogP) is 1.97. The number of benzene rings is 1. The lowest BCUT2D eigenvalue weighted by Crippen LogP contribution is -2.22. The van der Waals surface area contributed by atoms with Gasteiger partial charge in [0, 0.05) is 25.3 Å². The molecule has 0 saturated heterocycles. The van der Waals surface area contributed by atoms with Gasteiger partial charge in [0.05, 0.1) is 6.54 Å². The number of aromatic nitrogens is 3. The summed E-state index contributed by atoms with van der Waals surface area (Å²) in [5, 5.41) is 11.7. The summed E-state index contributed by atoms with van der Waals surface area (Å²) in [5.41, 5.74) is 4.13. The second-order valence-corrected chi connectivity index (χ2v) is 5.79. The fourth-order valence-corrected chi connectivity index (χ4v) is 2.85. The number of fused-ring (bicyclic) bond motifs is 1. The van der Waals surface area contributed by atoms with E-state index >= 15 is 0 Å². The average Bonchev–Trinajstić information content (AvgIpc) is 3.04. The normalized spacial score (nSPS) is 15.3. The van der Waals surface area contributed by atoms with E-state index in [1.165, 1.54) is 16.8 Å². The van der Waals surface area contributed by atoms with Crippen molar-refractivity contribution in [1.29, 1.82) is 0 Å². The number of anilines is 1. The Labute approximate surface area is 126 Å². The minimum absolute atomic E-state index is 0.394. The minimum atomic E-state index is 0.394. The molecule has 1 atom stereocenters. The van der Waals surface area contributed by atoms with Gasteiger partial charge >= 0.3 is 0 Å². The maximum absolute atomic E-state index is 4.27. The molecule has 2 heterocycles. The van der Waals surface area contributed by atoms with Gasteiger partial charge in [-0.15, -0.1) is 10.2 Å². The Morgan fingerprint density at radius 1 is 1.33 bits per heavy atom. The Kier molecular flexibility index (Phi) is 3.68. The van der Waals surface area contributed by atoms with Crippen LogP contribution in [0.3, 0.4) is 0 Å². The van der Waals surface area contributed by atoms with E-state index in [4.69, 9.17) is 0 Å². The van der Waals surface area contributed by atoms with Crippen molar-refractivity contribution >= 4 is 5.69 Å². The van der Waals surface area contributed by atoms with Gasteiger partial charge in [0.2, 0.25) is 0 Å². The van der Waals surface area contributed by atoms with Gasteiger partial charge < -0.3 is 14.8 Å². The molecular weight excluding hydrogens is 262 g/mol. The molecule has 112 valence electrons. The zero-order valence-corrected chi connectivity index (χ0v) is 13.2. The van der Waals surface area contributed by atoms with Gasteiger partial charge in [-0.25, -0.2) is 0 Å². The largest absolute Gasteiger partial charge is 0.363 e. The Morgan fingerprint density at radius 2 is 2.14 bits per heavy atom. The van der Waals surface area contributed by atoms with Crippen LogP contribution in [-0.2, 0) is 20.0 Å². The summed E-state index contributed by atoms with van der Waals surface area (Å²) in [4.78, 5) is 2.40. The van der Waals surface area contributed by atoms with Crippen LogP contribution >= 0.6 is 0 Å². The third kappa shape index (κ3) is 2.53. The number of nitrogens with zero attached hydrogens (tertiary/aromatic N) is 4. The highest BCUT2D eigenvalue weighted by Gasteiger charge is 2.21. The summed E-state index contributed by atoms with van der Waals surface area (Å²) in [5.74, 6) is 1.98. The second kappa shape index (κ2) is 5.48. The van der Waals surface area contributed by atoms with Crippen LogP contribution in [0.4, 0.5) is 5.69 Å². The molecule has 1 aromatic heterocycles. The van der Waals surface area contributed by atoms with Crippen molar-refractivity contribution in [3.8, 4) is 0 Å². The first-order chi connectivity index (χ1) is 10.1. The zero-order chi connectivity index (χ0) is 15.0. The lowest BCUT2D eigenvalue weighted by Gasteiger charge is -2.19. The fraction of sp³-hybridized carbons (Fsp3) is 0.500. The van der Waals surface area contributed by atoms with Gasteiger partial charge in [0.15, 0.2) is 5.82 Å². The van der Waals surface area contributed by atoms with Gasteiger partial charge in [-0.3, -0.25) is 0 Å². The van der Waals surface area contributed by atoms with E-state index in [1.54, 1.807) is 0 Å². The van der Waals surface area contributed by atoms with Gasteiger partial charge in [-0.1, -0.05) is 12.1 Å². The lowest BCUT2D eigenvalue weighted by atomic mass is 10.0. The van der Waals surface area contributed by atoms with Crippen LogP contribution in [-0.4, -0.2) is 28.4 Å². The van der Waals surface area contributed by atoms with E-state index in [0.717, 1.165) is 31.2 Å². The molecule has 0 spiro atoms. The van der Waals surface area contributed by atoms with Gasteiger partial charge in [-0.2, -0.15) is 0 Å². The predicted molar refractivity (Wildman–Crippen MR) is 84.4 cm³/mol.